The number of halogens is 5. The van der Waals surface area contributed by atoms with Crippen LogP contribution in [0.5, 0.6) is 0 Å². The average Bonchev–Trinajstić information content (AvgIpc) is 3.23. The Hall–Kier alpha value is -3.01. The van der Waals surface area contributed by atoms with Crippen molar-refractivity contribution in [1.29, 1.82) is 0 Å². The summed E-state index contributed by atoms with van der Waals surface area (Å²) in [6, 6.07) is 17.6. The minimum absolute atomic E-state index is 0.00217. The van der Waals surface area contributed by atoms with Gasteiger partial charge in [-0.05, 0) is 49.4 Å². The van der Waals surface area contributed by atoms with E-state index in [1.807, 2.05) is 31.2 Å². The number of carbonyl (C=O) groups excluding carboxylic acids is 1. The Morgan fingerprint density at radius 3 is 2.34 bits per heavy atom. The number of aryl methyl sites for hydroxylation is 1. The molecular weight excluding hydrogens is 520 g/mol. The molecule has 5 nitrogen and oxygen atoms in total. The van der Waals surface area contributed by atoms with Crippen molar-refractivity contribution in [3.05, 3.63) is 87.9 Å². The maximum atomic E-state index is 13.0. The van der Waals surface area contributed by atoms with Crippen molar-refractivity contribution >= 4 is 46.6 Å². The number of thioether (sulfide) groups is 1. The number of aromatic nitrogens is 3. The zero-order valence-electron chi connectivity index (χ0n) is 18.1. The third kappa shape index (κ3) is 5.98. The van der Waals surface area contributed by atoms with Crippen molar-refractivity contribution in [2.45, 2.75) is 18.3 Å². The van der Waals surface area contributed by atoms with Crippen LogP contribution in [-0.2, 0) is 11.0 Å². The maximum Gasteiger partial charge on any atom is 0.416 e. The lowest BCUT2D eigenvalue weighted by Gasteiger charge is -2.12. The van der Waals surface area contributed by atoms with Crippen molar-refractivity contribution in [2.24, 2.45) is 0 Å². The molecule has 1 amide bonds. The molecule has 11 heteroatoms. The Labute approximate surface area is 213 Å². The molecular formula is C24H17Cl2F3N4OS. The maximum absolute atomic E-state index is 13.0. The van der Waals surface area contributed by atoms with E-state index in [-0.39, 0.29) is 16.5 Å². The Bertz CT molecular complexity index is 1360. The van der Waals surface area contributed by atoms with Gasteiger partial charge in [0.2, 0.25) is 5.91 Å². The summed E-state index contributed by atoms with van der Waals surface area (Å²) in [5, 5.41) is 12.0. The van der Waals surface area contributed by atoms with Crippen molar-refractivity contribution in [2.75, 3.05) is 11.1 Å². The van der Waals surface area contributed by atoms with Gasteiger partial charge in [-0.3, -0.25) is 9.36 Å². The van der Waals surface area contributed by atoms with Gasteiger partial charge in [-0.2, -0.15) is 13.2 Å². The fraction of sp³-hybridized carbons (Fsp3) is 0.125. The van der Waals surface area contributed by atoms with E-state index in [0.717, 1.165) is 46.8 Å². The van der Waals surface area contributed by atoms with E-state index in [1.54, 1.807) is 28.8 Å². The molecule has 0 radical (unpaired) electrons. The zero-order chi connectivity index (χ0) is 25.2. The van der Waals surface area contributed by atoms with Crippen molar-refractivity contribution < 1.29 is 18.0 Å². The van der Waals surface area contributed by atoms with Gasteiger partial charge in [0.05, 0.1) is 22.0 Å². The number of rotatable bonds is 6. The topological polar surface area (TPSA) is 59.8 Å². The lowest BCUT2D eigenvalue weighted by molar-refractivity contribution is -0.137. The smallest absolute Gasteiger partial charge is 0.324 e. The molecule has 35 heavy (non-hydrogen) atoms. The summed E-state index contributed by atoms with van der Waals surface area (Å²) in [5.41, 5.74) is 1.62. The Kier molecular flexibility index (Phi) is 7.39. The molecule has 4 rings (SSSR count). The number of nitrogens with zero attached hydrogens (tertiary/aromatic N) is 3. The van der Waals surface area contributed by atoms with E-state index in [4.69, 9.17) is 23.2 Å². The summed E-state index contributed by atoms with van der Waals surface area (Å²) in [6.45, 7) is 1.98. The van der Waals surface area contributed by atoms with E-state index in [9.17, 15) is 18.0 Å². The van der Waals surface area contributed by atoms with Crippen LogP contribution in [0.2, 0.25) is 10.0 Å². The van der Waals surface area contributed by atoms with Gasteiger partial charge >= 0.3 is 6.18 Å². The van der Waals surface area contributed by atoms with Gasteiger partial charge in [0.1, 0.15) is 0 Å². The Morgan fingerprint density at radius 2 is 1.69 bits per heavy atom. The highest BCUT2D eigenvalue weighted by Gasteiger charge is 2.31. The number of nitrogens with one attached hydrogen (secondary N) is 1. The van der Waals surface area contributed by atoms with Crippen LogP contribution in [0.4, 0.5) is 18.9 Å². The van der Waals surface area contributed by atoms with Crippen molar-refractivity contribution in [1.82, 2.24) is 14.8 Å². The second kappa shape index (κ2) is 10.3. The van der Waals surface area contributed by atoms with E-state index < -0.39 is 17.6 Å². The standard InChI is InChI=1S/C24H17Cl2F3N4OS/c1-14-2-4-15(5-3-14)22-31-32-23(33(22)18-9-7-17(25)8-10-18)35-13-21(34)30-20-12-16(24(27,28)29)6-11-19(20)26/h2-12H,13H2,1H3,(H,30,34). The first kappa shape index (κ1) is 25.1. The van der Waals surface area contributed by atoms with Gasteiger partial charge in [0, 0.05) is 16.3 Å². The van der Waals surface area contributed by atoms with Gasteiger partial charge in [-0.1, -0.05) is 64.8 Å². The van der Waals surface area contributed by atoms with Crippen LogP contribution in [0.25, 0.3) is 17.1 Å². The first-order valence-corrected chi connectivity index (χ1v) is 11.9. The van der Waals surface area contributed by atoms with E-state index in [0.29, 0.717) is 16.0 Å². The Morgan fingerprint density at radius 1 is 1.00 bits per heavy atom. The second-order valence-corrected chi connectivity index (χ2v) is 9.30. The molecule has 0 saturated carbocycles. The lowest BCUT2D eigenvalue weighted by Crippen LogP contribution is -2.16. The van der Waals surface area contributed by atoms with Crippen LogP contribution in [0.1, 0.15) is 11.1 Å². The molecule has 0 saturated heterocycles. The first-order chi connectivity index (χ1) is 16.6. The van der Waals surface area contributed by atoms with Crippen LogP contribution < -0.4 is 5.32 Å². The summed E-state index contributed by atoms with van der Waals surface area (Å²) >= 11 is 13.1. The van der Waals surface area contributed by atoms with E-state index in [1.165, 1.54) is 0 Å². The predicted molar refractivity (Wildman–Crippen MR) is 132 cm³/mol. The van der Waals surface area contributed by atoms with Gasteiger partial charge in [-0.25, -0.2) is 0 Å². The molecule has 0 unspecified atom stereocenters. The van der Waals surface area contributed by atoms with Crippen molar-refractivity contribution in [3.63, 3.8) is 0 Å². The van der Waals surface area contributed by atoms with Crippen LogP contribution in [0.3, 0.4) is 0 Å². The highest BCUT2D eigenvalue weighted by atomic mass is 35.5. The number of anilines is 1. The summed E-state index contributed by atoms with van der Waals surface area (Å²) in [6.07, 6.45) is -4.56. The zero-order valence-corrected chi connectivity index (χ0v) is 20.4. The summed E-state index contributed by atoms with van der Waals surface area (Å²) in [5.74, 6) is -0.110. The van der Waals surface area contributed by atoms with E-state index in [2.05, 4.69) is 15.5 Å². The normalized spacial score (nSPS) is 11.5. The number of amides is 1. The van der Waals surface area contributed by atoms with Crippen LogP contribution in [0.15, 0.2) is 71.9 Å². The highest BCUT2D eigenvalue weighted by Crippen LogP contribution is 2.34. The highest BCUT2D eigenvalue weighted by molar-refractivity contribution is 7.99. The fourth-order valence-electron chi connectivity index (χ4n) is 3.19. The fourth-order valence-corrected chi connectivity index (χ4v) is 4.23. The monoisotopic (exact) mass is 536 g/mol. The predicted octanol–water partition coefficient (Wildman–Crippen LogP) is 7.30. The number of hydrogen-bond acceptors (Lipinski definition) is 4. The lowest BCUT2D eigenvalue weighted by atomic mass is 10.1. The molecule has 0 aliphatic rings. The molecule has 1 aromatic heterocycles. The molecule has 0 aliphatic heterocycles. The third-order valence-corrected chi connectivity index (χ3v) is 6.44. The Balaban J connectivity index is 1.58. The molecule has 0 aliphatic carbocycles. The molecule has 1 N–H and O–H groups in total. The summed E-state index contributed by atoms with van der Waals surface area (Å²) in [4.78, 5) is 12.6. The van der Waals surface area contributed by atoms with Crippen LogP contribution in [0, 0.1) is 6.92 Å². The number of hydrogen-bond donors (Lipinski definition) is 1. The van der Waals surface area contributed by atoms with Crippen LogP contribution in [-0.4, -0.2) is 26.4 Å². The number of alkyl halides is 3. The van der Waals surface area contributed by atoms with E-state index >= 15 is 0 Å². The largest absolute Gasteiger partial charge is 0.416 e. The van der Waals surface area contributed by atoms with Gasteiger partial charge in [0.15, 0.2) is 11.0 Å². The number of carbonyl (C=O) groups is 1. The summed E-state index contributed by atoms with van der Waals surface area (Å²) in [7, 11) is 0. The minimum atomic E-state index is -4.56. The van der Waals surface area contributed by atoms with Crippen molar-refractivity contribution in [3.8, 4) is 17.1 Å². The molecule has 0 fully saturated rings. The van der Waals surface area contributed by atoms with Gasteiger partial charge in [0.25, 0.3) is 0 Å². The van der Waals surface area contributed by atoms with Crippen LogP contribution >= 0.6 is 35.0 Å². The average molecular weight is 537 g/mol. The minimum Gasteiger partial charge on any atom is -0.324 e. The molecule has 4 aromatic rings. The number of benzene rings is 3. The van der Waals surface area contributed by atoms with Gasteiger partial charge in [-0.15, -0.1) is 10.2 Å². The molecule has 3 aromatic carbocycles. The molecule has 0 atom stereocenters. The molecule has 180 valence electrons. The molecule has 0 spiro atoms. The molecule has 0 bridgehead atoms. The third-order valence-electron chi connectivity index (χ3n) is 4.93. The van der Waals surface area contributed by atoms with Gasteiger partial charge < -0.3 is 5.32 Å². The summed E-state index contributed by atoms with van der Waals surface area (Å²) < 4.78 is 40.8. The molecule has 1 heterocycles. The quantitative estimate of drug-likeness (QED) is 0.262. The second-order valence-electron chi connectivity index (χ2n) is 7.51. The SMILES string of the molecule is Cc1ccc(-c2nnc(SCC(=O)Nc3cc(C(F)(F)F)ccc3Cl)n2-c2ccc(Cl)cc2)cc1. The first-order valence-electron chi connectivity index (χ1n) is 10.2.